The number of nitro groups is 1. The molecule has 0 aliphatic heterocycles. The number of benzene rings is 1. The molecule has 0 bridgehead atoms. The molecule has 0 aliphatic rings. The summed E-state index contributed by atoms with van der Waals surface area (Å²) in [4.78, 5) is 27.2. The maximum atomic E-state index is 12.2. The number of aromatic nitrogens is 2. The molecule has 0 saturated carbocycles. The van der Waals surface area contributed by atoms with Gasteiger partial charge in [-0.25, -0.2) is 4.98 Å². The van der Waals surface area contributed by atoms with E-state index in [1.54, 1.807) is 18.3 Å². The Kier molecular flexibility index (Phi) is 4.34. The molecule has 3 aromatic rings. The van der Waals surface area contributed by atoms with Gasteiger partial charge in [0.2, 0.25) is 0 Å². The molecule has 2 aromatic heterocycles. The van der Waals surface area contributed by atoms with Crippen LogP contribution in [0.25, 0.3) is 5.65 Å². The summed E-state index contributed by atoms with van der Waals surface area (Å²) in [6.07, 6.45) is 1.64. The van der Waals surface area contributed by atoms with Gasteiger partial charge in [-0.05, 0) is 30.7 Å². The highest BCUT2D eigenvalue weighted by molar-refractivity contribution is 5.51. The van der Waals surface area contributed by atoms with Crippen LogP contribution < -0.4 is 15.0 Å². The molecule has 0 spiro atoms. The fourth-order valence-corrected chi connectivity index (χ4v) is 2.42. The molecule has 128 valence electrons. The van der Waals surface area contributed by atoms with E-state index in [4.69, 9.17) is 9.47 Å². The van der Waals surface area contributed by atoms with E-state index in [0.717, 1.165) is 5.56 Å². The van der Waals surface area contributed by atoms with Crippen molar-refractivity contribution >= 4 is 11.3 Å². The molecule has 8 heteroatoms. The average molecular weight is 341 g/mol. The summed E-state index contributed by atoms with van der Waals surface area (Å²) in [6, 6.07) is 9.26. The number of rotatable bonds is 5. The van der Waals surface area contributed by atoms with Gasteiger partial charge in [0.15, 0.2) is 5.75 Å². The Balaban J connectivity index is 1.92. The number of nitrogens with zero attached hydrogens (tertiary/aromatic N) is 3. The van der Waals surface area contributed by atoms with Crippen LogP contribution in [-0.4, -0.2) is 21.4 Å². The van der Waals surface area contributed by atoms with Crippen LogP contribution in [0.2, 0.25) is 0 Å². The predicted molar refractivity (Wildman–Crippen MR) is 90.2 cm³/mol. The molecular weight excluding hydrogens is 326 g/mol. The third-order valence-corrected chi connectivity index (χ3v) is 3.68. The number of hydrogen-bond acceptors (Lipinski definition) is 6. The van der Waals surface area contributed by atoms with Crippen LogP contribution in [0.5, 0.6) is 11.5 Å². The molecule has 0 amide bonds. The Morgan fingerprint density at radius 2 is 2.08 bits per heavy atom. The van der Waals surface area contributed by atoms with Gasteiger partial charge in [-0.15, -0.1) is 0 Å². The lowest BCUT2D eigenvalue weighted by molar-refractivity contribution is -0.386. The van der Waals surface area contributed by atoms with Gasteiger partial charge in [0.05, 0.1) is 23.8 Å². The summed E-state index contributed by atoms with van der Waals surface area (Å²) in [6.45, 7) is 1.79. The van der Waals surface area contributed by atoms with Crippen molar-refractivity contribution in [2.75, 3.05) is 7.11 Å². The highest BCUT2D eigenvalue weighted by atomic mass is 16.6. The lowest BCUT2D eigenvalue weighted by Crippen LogP contribution is -2.17. The van der Waals surface area contributed by atoms with Crippen molar-refractivity contribution in [3.05, 3.63) is 74.3 Å². The van der Waals surface area contributed by atoms with Gasteiger partial charge >= 0.3 is 5.69 Å². The average Bonchev–Trinajstić information content (AvgIpc) is 2.60. The molecule has 0 fully saturated rings. The number of methoxy groups -OCH3 is 1. The second-order valence-corrected chi connectivity index (χ2v) is 5.35. The van der Waals surface area contributed by atoms with Crippen LogP contribution in [-0.2, 0) is 6.61 Å². The van der Waals surface area contributed by atoms with Crippen molar-refractivity contribution in [3.63, 3.8) is 0 Å². The fraction of sp³-hybridized carbons (Fsp3) is 0.176. The van der Waals surface area contributed by atoms with Crippen LogP contribution in [0.4, 0.5) is 5.69 Å². The van der Waals surface area contributed by atoms with Crippen LogP contribution >= 0.6 is 0 Å². The molecule has 0 aliphatic carbocycles. The Morgan fingerprint density at radius 1 is 1.28 bits per heavy atom. The molecule has 0 saturated heterocycles. The zero-order valence-electron chi connectivity index (χ0n) is 13.6. The number of ether oxygens (including phenoxy) is 2. The summed E-state index contributed by atoms with van der Waals surface area (Å²) >= 11 is 0. The minimum absolute atomic E-state index is 0.0623. The quantitative estimate of drug-likeness (QED) is 0.522. The van der Waals surface area contributed by atoms with Gasteiger partial charge in [-0.1, -0.05) is 6.07 Å². The van der Waals surface area contributed by atoms with Crippen molar-refractivity contribution in [2.45, 2.75) is 13.5 Å². The number of fused-ring (bicyclic) bond motifs is 1. The minimum atomic E-state index is -0.551. The minimum Gasteiger partial charge on any atom is -0.496 e. The number of nitro benzene ring substituents is 1. The third kappa shape index (κ3) is 3.27. The van der Waals surface area contributed by atoms with Crippen molar-refractivity contribution in [1.82, 2.24) is 9.38 Å². The lowest BCUT2D eigenvalue weighted by atomic mass is 10.2. The van der Waals surface area contributed by atoms with Crippen molar-refractivity contribution < 1.29 is 14.4 Å². The van der Waals surface area contributed by atoms with E-state index >= 15 is 0 Å². The van der Waals surface area contributed by atoms with Gasteiger partial charge in [-0.2, -0.15) is 0 Å². The Hall–Kier alpha value is -3.42. The summed E-state index contributed by atoms with van der Waals surface area (Å²) in [7, 11) is 1.42. The number of hydrogen-bond donors (Lipinski definition) is 0. The van der Waals surface area contributed by atoms with E-state index in [9.17, 15) is 14.9 Å². The van der Waals surface area contributed by atoms with Crippen LogP contribution in [0, 0.1) is 17.0 Å². The number of aryl methyl sites for hydroxylation is 1. The molecule has 8 nitrogen and oxygen atoms in total. The summed E-state index contributed by atoms with van der Waals surface area (Å²) < 4.78 is 11.9. The van der Waals surface area contributed by atoms with E-state index in [2.05, 4.69) is 4.98 Å². The molecule has 0 N–H and O–H groups in total. The molecular formula is C17H15N3O5. The lowest BCUT2D eigenvalue weighted by Gasteiger charge is -2.09. The second-order valence-electron chi connectivity index (χ2n) is 5.35. The second kappa shape index (κ2) is 6.60. The Labute approximate surface area is 142 Å². The summed E-state index contributed by atoms with van der Waals surface area (Å²) in [5.41, 5.74) is 1.31. The topological polar surface area (TPSA) is 96.0 Å². The molecule has 2 heterocycles. The summed E-state index contributed by atoms with van der Waals surface area (Å²) in [5.74, 6) is 0.439. The molecule has 25 heavy (non-hydrogen) atoms. The Morgan fingerprint density at radius 3 is 2.80 bits per heavy atom. The molecule has 0 unspecified atom stereocenters. The van der Waals surface area contributed by atoms with E-state index in [1.165, 1.54) is 29.7 Å². The maximum absolute atomic E-state index is 12.2. The normalized spacial score (nSPS) is 10.6. The monoisotopic (exact) mass is 341 g/mol. The highest BCUT2D eigenvalue weighted by Crippen LogP contribution is 2.31. The first-order chi connectivity index (χ1) is 12.0. The van der Waals surface area contributed by atoms with Gasteiger partial charge in [0.25, 0.3) is 5.56 Å². The smallest absolute Gasteiger partial charge is 0.314 e. The van der Waals surface area contributed by atoms with Gasteiger partial charge < -0.3 is 9.47 Å². The van der Waals surface area contributed by atoms with Gasteiger partial charge in [-0.3, -0.25) is 19.3 Å². The third-order valence-electron chi connectivity index (χ3n) is 3.68. The van der Waals surface area contributed by atoms with E-state index in [1.807, 2.05) is 13.0 Å². The maximum Gasteiger partial charge on any atom is 0.314 e. The fourth-order valence-electron chi connectivity index (χ4n) is 2.42. The van der Waals surface area contributed by atoms with Crippen LogP contribution in [0.1, 0.15) is 11.3 Å². The van der Waals surface area contributed by atoms with Crippen molar-refractivity contribution in [2.24, 2.45) is 0 Å². The number of pyridine rings is 1. The van der Waals surface area contributed by atoms with Gasteiger partial charge in [0.1, 0.15) is 18.0 Å². The van der Waals surface area contributed by atoms with Crippen molar-refractivity contribution in [1.29, 1.82) is 0 Å². The largest absolute Gasteiger partial charge is 0.496 e. The van der Waals surface area contributed by atoms with Crippen LogP contribution in [0.3, 0.4) is 0 Å². The zero-order valence-corrected chi connectivity index (χ0v) is 13.6. The highest BCUT2D eigenvalue weighted by Gasteiger charge is 2.17. The first kappa shape index (κ1) is 16.4. The molecule has 0 radical (unpaired) electrons. The van der Waals surface area contributed by atoms with Gasteiger partial charge in [0, 0.05) is 12.3 Å². The predicted octanol–water partition coefficient (Wildman–Crippen LogP) is 2.50. The standard InChI is InChI=1S/C17H15N3O5/c1-11-4-3-7-19-16(21)8-12(18-17(11)19)10-25-15-6-5-13(24-2)9-14(15)20(22)23/h3-9H,10H2,1-2H3. The van der Waals surface area contributed by atoms with E-state index in [0.29, 0.717) is 17.1 Å². The van der Waals surface area contributed by atoms with E-state index < -0.39 is 4.92 Å². The van der Waals surface area contributed by atoms with E-state index in [-0.39, 0.29) is 23.6 Å². The van der Waals surface area contributed by atoms with Crippen molar-refractivity contribution in [3.8, 4) is 11.5 Å². The van der Waals surface area contributed by atoms with Crippen LogP contribution in [0.15, 0.2) is 47.4 Å². The first-order valence-electron chi connectivity index (χ1n) is 7.42. The molecule has 3 rings (SSSR count). The summed E-state index contributed by atoms with van der Waals surface area (Å²) in [5, 5.41) is 11.2. The SMILES string of the molecule is COc1ccc(OCc2cc(=O)n3cccc(C)c3n2)c([N+](=O)[O-])c1. The molecule has 0 atom stereocenters. The first-order valence-corrected chi connectivity index (χ1v) is 7.42. The zero-order chi connectivity index (χ0) is 18.0. The molecule has 1 aromatic carbocycles. The Bertz CT molecular complexity index is 1010.